The molecule has 1 aromatic heterocycles. The molecule has 7 heteroatoms. The van der Waals surface area contributed by atoms with Gasteiger partial charge in [-0.2, -0.15) is 0 Å². The van der Waals surface area contributed by atoms with Crippen LogP contribution in [0.1, 0.15) is 24.2 Å². The highest BCUT2D eigenvalue weighted by molar-refractivity contribution is 7.99. The molecular weight excluding hydrogens is 348 g/mol. The summed E-state index contributed by atoms with van der Waals surface area (Å²) in [5.74, 6) is -0.0838. The van der Waals surface area contributed by atoms with Crippen molar-refractivity contribution in [3.8, 4) is 0 Å². The highest BCUT2D eigenvalue weighted by atomic mass is 32.2. The van der Waals surface area contributed by atoms with Crippen LogP contribution in [0.4, 0.5) is 5.69 Å². The Balaban J connectivity index is 1.66. The van der Waals surface area contributed by atoms with Crippen LogP contribution < -0.4 is 10.6 Å². The molecule has 0 radical (unpaired) electrons. The van der Waals surface area contributed by atoms with Crippen LogP contribution in [0.15, 0.2) is 40.4 Å². The van der Waals surface area contributed by atoms with Gasteiger partial charge in [0.15, 0.2) is 5.16 Å². The van der Waals surface area contributed by atoms with Gasteiger partial charge >= 0.3 is 0 Å². The Morgan fingerprint density at radius 3 is 2.35 bits per heavy atom. The predicted molar refractivity (Wildman–Crippen MR) is 103 cm³/mol. The Kier molecular flexibility index (Phi) is 5.90. The summed E-state index contributed by atoms with van der Waals surface area (Å²) in [6.45, 7) is 5.49. The van der Waals surface area contributed by atoms with Gasteiger partial charge in [-0.15, -0.1) is 0 Å². The van der Waals surface area contributed by atoms with Gasteiger partial charge in [0.2, 0.25) is 0 Å². The maximum Gasteiger partial charge on any atom is 0.256 e. The van der Waals surface area contributed by atoms with Crippen molar-refractivity contribution in [2.24, 2.45) is 0 Å². The molecule has 0 bridgehead atoms. The number of anilines is 1. The summed E-state index contributed by atoms with van der Waals surface area (Å²) in [5, 5.41) is 6.97. The SMILES string of the molecule is COC1(C(=O)Nc2ccc(Sc3nc(C)cc(C)n3)cc2)CCNCC1. The van der Waals surface area contributed by atoms with Crippen molar-refractivity contribution in [1.82, 2.24) is 15.3 Å². The normalized spacial score (nSPS) is 16.3. The lowest BCUT2D eigenvalue weighted by Gasteiger charge is -2.34. The van der Waals surface area contributed by atoms with E-state index in [9.17, 15) is 4.79 Å². The Morgan fingerprint density at radius 1 is 1.15 bits per heavy atom. The summed E-state index contributed by atoms with van der Waals surface area (Å²) in [6, 6.07) is 9.67. The van der Waals surface area contributed by atoms with Gasteiger partial charge in [-0.05, 0) is 81.9 Å². The molecule has 138 valence electrons. The molecule has 2 heterocycles. The summed E-state index contributed by atoms with van der Waals surface area (Å²) < 4.78 is 5.57. The van der Waals surface area contributed by atoms with Gasteiger partial charge in [-0.3, -0.25) is 4.79 Å². The molecule has 26 heavy (non-hydrogen) atoms. The predicted octanol–water partition coefficient (Wildman–Crippen LogP) is 2.95. The molecule has 1 saturated heterocycles. The van der Waals surface area contributed by atoms with Crippen LogP contribution in [0.2, 0.25) is 0 Å². The second-order valence-corrected chi connectivity index (χ2v) is 7.50. The van der Waals surface area contributed by atoms with Crippen molar-refractivity contribution in [2.75, 3.05) is 25.5 Å². The van der Waals surface area contributed by atoms with Crippen LogP contribution in [-0.4, -0.2) is 41.7 Å². The number of ether oxygens (including phenoxy) is 1. The van der Waals surface area contributed by atoms with E-state index in [1.54, 1.807) is 7.11 Å². The monoisotopic (exact) mass is 372 g/mol. The molecule has 0 unspecified atom stereocenters. The lowest BCUT2D eigenvalue weighted by Crippen LogP contribution is -2.51. The van der Waals surface area contributed by atoms with Crippen LogP contribution in [0.5, 0.6) is 0 Å². The summed E-state index contributed by atoms with van der Waals surface area (Å²) >= 11 is 1.51. The first kappa shape index (κ1) is 18.8. The van der Waals surface area contributed by atoms with Gasteiger partial charge in [-0.25, -0.2) is 9.97 Å². The fraction of sp³-hybridized carbons (Fsp3) is 0.421. The number of nitrogens with one attached hydrogen (secondary N) is 2. The zero-order valence-electron chi connectivity index (χ0n) is 15.3. The van der Waals surface area contributed by atoms with E-state index in [0.717, 1.165) is 40.2 Å². The molecule has 0 saturated carbocycles. The van der Waals surface area contributed by atoms with Crippen LogP contribution in [0, 0.1) is 13.8 Å². The number of methoxy groups -OCH3 is 1. The van der Waals surface area contributed by atoms with Crippen LogP contribution in [0.3, 0.4) is 0 Å². The number of piperidine rings is 1. The van der Waals surface area contributed by atoms with Crippen molar-refractivity contribution in [2.45, 2.75) is 42.3 Å². The number of nitrogens with zero attached hydrogens (tertiary/aromatic N) is 2. The van der Waals surface area contributed by atoms with E-state index in [2.05, 4.69) is 20.6 Å². The van der Waals surface area contributed by atoms with Crippen molar-refractivity contribution >= 4 is 23.4 Å². The van der Waals surface area contributed by atoms with Crippen molar-refractivity contribution in [3.05, 3.63) is 41.7 Å². The van der Waals surface area contributed by atoms with E-state index >= 15 is 0 Å². The third-order valence-corrected chi connectivity index (χ3v) is 5.37. The minimum absolute atomic E-state index is 0.0838. The third-order valence-electron chi connectivity index (χ3n) is 4.50. The van der Waals surface area contributed by atoms with Crippen LogP contribution in [-0.2, 0) is 9.53 Å². The summed E-state index contributed by atoms with van der Waals surface area (Å²) in [5.41, 5.74) is 1.92. The zero-order chi connectivity index (χ0) is 18.6. The van der Waals surface area contributed by atoms with E-state index in [1.165, 1.54) is 11.8 Å². The van der Waals surface area contributed by atoms with E-state index in [4.69, 9.17) is 4.74 Å². The van der Waals surface area contributed by atoms with Gasteiger partial charge in [0.25, 0.3) is 5.91 Å². The van der Waals surface area contributed by atoms with Crippen molar-refractivity contribution in [3.63, 3.8) is 0 Å². The highest BCUT2D eigenvalue weighted by Crippen LogP contribution is 2.28. The maximum atomic E-state index is 12.7. The number of benzene rings is 1. The molecule has 1 amide bonds. The molecule has 6 nitrogen and oxygen atoms in total. The summed E-state index contributed by atoms with van der Waals surface area (Å²) in [6.07, 6.45) is 1.35. The highest BCUT2D eigenvalue weighted by Gasteiger charge is 2.39. The Hall–Kier alpha value is -1.96. The number of carbonyl (C=O) groups is 1. The number of hydrogen-bond donors (Lipinski definition) is 2. The molecule has 0 atom stereocenters. The molecule has 1 aromatic carbocycles. The molecule has 3 rings (SSSR count). The largest absolute Gasteiger partial charge is 0.368 e. The lowest BCUT2D eigenvalue weighted by molar-refractivity contribution is -0.140. The lowest BCUT2D eigenvalue weighted by atomic mass is 9.91. The Bertz CT molecular complexity index is 753. The molecule has 1 fully saturated rings. The van der Waals surface area contributed by atoms with Gasteiger partial charge in [0.05, 0.1) is 0 Å². The van der Waals surface area contributed by atoms with Gasteiger partial charge in [0, 0.05) is 29.1 Å². The van der Waals surface area contributed by atoms with E-state index in [0.29, 0.717) is 12.8 Å². The topological polar surface area (TPSA) is 76.1 Å². The standard InChI is InChI=1S/C19H24N4O2S/c1-13-12-14(2)22-18(21-13)26-16-6-4-15(5-7-16)23-17(24)19(25-3)8-10-20-11-9-19/h4-7,12,20H,8-11H2,1-3H3,(H,23,24). The molecule has 2 aromatic rings. The fourth-order valence-corrected chi connectivity index (χ4v) is 3.91. The molecule has 0 spiro atoms. The van der Waals surface area contributed by atoms with Crippen LogP contribution in [0.25, 0.3) is 0 Å². The molecule has 1 aliphatic heterocycles. The minimum Gasteiger partial charge on any atom is -0.368 e. The number of carbonyl (C=O) groups excluding carboxylic acids is 1. The molecular formula is C19H24N4O2S. The van der Waals surface area contributed by atoms with E-state index in [-0.39, 0.29) is 5.91 Å². The van der Waals surface area contributed by atoms with Gasteiger partial charge in [-0.1, -0.05) is 0 Å². The number of hydrogen-bond acceptors (Lipinski definition) is 6. The maximum absolute atomic E-state index is 12.7. The minimum atomic E-state index is -0.744. The molecule has 1 aliphatic rings. The first-order valence-electron chi connectivity index (χ1n) is 8.68. The van der Waals surface area contributed by atoms with Gasteiger partial charge < -0.3 is 15.4 Å². The average molecular weight is 372 g/mol. The van der Waals surface area contributed by atoms with Gasteiger partial charge in [0.1, 0.15) is 5.60 Å². The van der Waals surface area contributed by atoms with Crippen molar-refractivity contribution < 1.29 is 9.53 Å². The van der Waals surface area contributed by atoms with E-state index in [1.807, 2.05) is 44.2 Å². The second-order valence-electron chi connectivity index (χ2n) is 6.46. The Labute approximate surface area is 158 Å². The number of rotatable bonds is 5. The zero-order valence-corrected chi connectivity index (χ0v) is 16.2. The number of amides is 1. The fourth-order valence-electron chi connectivity index (χ4n) is 3.05. The molecule has 0 aliphatic carbocycles. The summed E-state index contributed by atoms with van der Waals surface area (Å²) in [4.78, 5) is 22.6. The number of aromatic nitrogens is 2. The summed E-state index contributed by atoms with van der Waals surface area (Å²) in [7, 11) is 1.61. The van der Waals surface area contributed by atoms with Crippen molar-refractivity contribution in [1.29, 1.82) is 0 Å². The smallest absolute Gasteiger partial charge is 0.256 e. The third kappa shape index (κ3) is 4.41. The average Bonchev–Trinajstić information content (AvgIpc) is 2.63. The number of aryl methyl sites for hydroxylation is 2. The van der Waals surface area contributed by atoms with E-state index < -0.39 is 5.60 Å². The van der Waals surface area contributed by atoms with Crippen LogP contribution >= 0.6 is 11.8 Å². The first-order chi connectivity index (χ1) is 12.5. The Morgan fingerprint density at radius 2 is 1.77 bits per heavy atom. The molecule has 2 N–H and O–H groups in total. The quantitative estimate of drug-likeness (QED) is 0.786. The first-order valence-corrected chi connectivity index (χ1v) is 9.50. The second kappa shape index (κ2) is 8.16.